The molecule has 0 aliphatic carbocycles. The largest absolute Gasteiger partial charge is 0.497 e. The Hall–Kier alpha value is -4.37. The van der Waals surface area contributed by atoms with Crippen molar-refractivity contribution >= 4 is 22.7 Å². The van der Waals surface area contributed by atoms with Crippen LogP contribution in [0.2, 0.25) is 0 Å². The number of nitrogens with zero attached hydrogens (tertiary/aromatic N) is 3. The van der Waals surface area contributed by atoms with E-state index in [0.717, 1.165) is 27.8 Å². The normalized spacial score (nSPS) is 11.1. The van der Waals surface area contributed by atoms with Gasteiger partial charge in [-0.1, -0.05) is 48.5 Å². The predicted octanol–water partition coefficient (Wildman–Crippen LogP) is 4.89. The van der Waals surface area contributed by atoms with Gasteiger partial charge in [0.25, 0.3) is 5.56 Å². The number of rotatable bonds is 6. The van der Waals surface area contributed by atoms with Crippen LogP contribution in [0.1, 0.15) is 22.3 Å². The van der Waals surface area contributed by atoms with Crippen molar-refractivity contribution in [1.29, 1.82) is 5.26 Å². The van der Waals surface area contributed by atoms with Crippen molar-refractivity contribution in [3.8, 4) is 17.7 Å². The minimum absolute atomic E-state index is 0.00176. The second-order valence-electron chi connectivity index (χ2n) is 7.66. The third-order valence-electron chi connectivity index (χ3n) is 5.73. The SMILES string of the molecule is COc1ccc(CCn2c(O)c(C=Nc3cccc4ccccc34)c(C)c(C#N)c2=O)cc1. The number of hydrogen-bond donors (Lipinski definition) is 1. The van der Waals surface area contributed by atoms with E-state index in [1.165, 1.54) is 10.8 Å². The van der Waals surface area contributed by atoms with Crippen molar-refractivity contribution in [3.63, 3.8) is 0 Å². The molecule has 0 bridgehead atoms. The summed E-state index contributed by atoms with van der Waals surface area (Å²) in [6.45, 7) is 1.87. The molecule has 33 heavy (non-hydrogen) atoms. The van der Waals surface area contributed by atoms with E-state index in [-0.39, 0.29) is 18.0 Å². The Balaban J connectivity index is 1.73. The van der Waals surface area contributed by atoms with Gasteiger partial charge < -0.3 is 9.84 Å². The Kier molecular flexibility index (Phi) is 6.23. The highest BCUT2D eigenvalue weighted by atomic mass is 16.5. The first kappa shape index (κ1) is 21.8. The number of aromatic hydroxyl groups is 1. The lowest BCUT2D eigenvalue weighted by molar-refractivity contribution is 0.404. The number of aliphatic imine (C=N–C) groups is 1. The minimum Gasteiger partial charge on any atom is -0.497 e. The first-order valence-corrected chi connectivity index (χ1v) is 10.5. The van der Waals surface area contributed by atoms with E-state index in [9.17, 15) is 15.2 Å². The maximum absolute atomic E-state index is 12.9. The Morgan fingerprint density at radius 3 is 2.55 bits per heavy atom. The zero-order valence-corrected chi connectivity index (χ0v) is 18.4. The molecular weight excluding hydrogens is 414 g/mol. The summed E-state index contributed by atoms with van der Waals surface area (Å²) >= 11 is 0. The minimum atomic E-state index is -0.511. The number of nitriles is 1. The number of benzene rings is 3. The van der Waals surface area contributed by atoms with Crippen molar-refractivity contribution in [2.75, 3.05) is 7.11 Å². The van der Waals surface area contributed by atoms with E-state index in [0.29, 0.717) is 17.5 Å². The van der Waals surface area contributed by atoms with E-state index in [1.54, 1.807) is 14.0 Å². The zero-order valence-electron chi connectivity index (χ0n) is 18.4. The Morgan fingerprint density at radius 2 is 1.82 bits per heavy atom. The second-order valence-corrected chi connectivity index (χ2v) is 7.66. The van der Waals surface area contributed by atoms with Crippen LogP contribution >= 0.6 is 0 Å². The maximum Gasteiger partial charge on any atom is 0.271 e. The van der Waals surface area contributed by atoms with Gasteiger partial charge in [0.1, 0.15) is 17.4 Å². The number of methoxy groups -OCH3 is 1. The molecule has 0 saturated heterocycles. The molecule has 4 rings (SSSR count). The number of fused-ring (bicyclic) bond motifs is 1. The Morgan fingerprint density at radius 1 is 1.09 bits per heavy atom. The molecule has 0 aliphatic heterocycles. The van der Waals surface area contributed by atoms with Crippen LogP contribution in [0.4, 0.5) is 5.69 Å². The van der Waals surface area contributed by atoms with Crippen LogP contribution in [0.25, 0.3) is 10.8 Å². The van der Waals surface area contributed by atoms with Crippen LogP contribution in [0.5, 0.6) is 11.6 Å². The Labute approximate surface area is 191 Å². The van der Waals surface area contributed by atoms with Crippen LogP contribution in [-0.4, -0.2) is 23.0 Å². The highest BCUT2D eigenvalue weighted by Gasteiger charge is 2.18. The van der Waals surface area contributed by atoms with Gasteiger partial charge in [0, 0.05) is 18.1 Å². The van der Waals surface area contributed by atoms with Gasteiger partial charge in [0.05, 0.1) is 18.4 Å². The van der Waals surface area contributed by atoms with Gasteiger partial charge in [0.2, 0.25) is 5.88 Å². The molecule has 1 heterocycles. The monoisotopic (exact) mass is 437 g/mol. The number of pyridine rings is 1. The fraction of sp³-hybridized carbons (Fsp3) is 0.148. The molecular formula is C27H23N3O3. The number of aryl methyl sites for hydroxylation is 1. The third kappa shape index (κ3) is 4.35. The van der Waals surface area contributed by atoms with Gasteiger partial charge in [0.15, 0.2) is 0 Å². The highest BCUT2D eigenvalue weighted by molar-refractivity contribution is 5.96. The molecule has 0 atom stereocenters. The first-order chi connectivity index (χ1) is 16.0. The smallest absolute Gasteiger partial charge is 0.271 e. The summed E-state index contributed by atoms with van der Waals surface area (Å²) in [4.78, 5) is 17.5. The predicted molar refractivity (Wildman–Crippen MR) is 130 cm³/mol. The average Bonchev–Trinajstić information content (AvgIpc) is 2.84. The fourth-order valence-corrected chi connectivity index (χ4v) is 3.82. The van der Waals surface area contributed by atoms with E-state index in [1.807, 2.05) is 72.8 Å². The molecule has 6 heteroatoms. The standard InChI is InChI=1S/C27H23N3O3/c1-18-23(16-28)26(31)30(15-14-19-10-12-21(33-2)13-11-19)27(32)24(18)17-29-25-9-5-7-20-6-3-4-8-22(20)25/h3-13,17,32H,14-15H2,1-2H3. The van der Waals surface area contributed by atoms with Crippen LogP contribution in [0, 0.1) is 18.3 Å². The highest BCUT2D eigenvalue weighted by Crippen LogP contribution is 2.27. The summed E-state index contributed by atoms with van der Waals surface area (Å²) in [6, 6.07) is 23.2. The molecule has 0 amide bonds. The molecule has 1 N–H and O–H groups in total. The molecule has 0 radical (unpaired) electrons. The summed E-state index contributed by atoms with van der Waals surface area (Å²) < 4.78 is 6.41. The molecule has 0 spiro atoms. The molecule has 0 fully saturated rings. The lowest BCUT2D eigenvalue weighted by atomic mass is 10.1. The van der Waals surface area contributed by atoms with Crippen LogP contribution in [0.3, 0.4) is 0 Å². The molecule has 0 aliphatic rings. The number of ether oxygens (including phenoxy) is 1. The van der Waals surface area contributed by atoms with Crippen molar-refractivity contribution < 1.29 is 9.84 Å². The summed E-state index contributed by atoms with van der Waals surface area (Å²) in [7, 11) is 1.60. The molecule has 6 nitrogen and oxygen atoms in total. The molecule has 0 unspecified atom stereocenters. The van der Waals surface area contributed by atoms with E-state index < -0.39 is 5.56 Å². The van der Waals surface area contributed by atoms with Gasteiger partial charge in [-0.2, -0.15) is 5.26 Å². The summed E-state index contributed by atoms with van der Waals surface area (Å²) in [6.07, 6.45) is 2.03. The zero-order chi connectivity index (χ0) is 23.4. The van der Waals surface area contributed by atoms with Crippen molar-refractivity contribution in [2.24, 2.45) is 4.99 Å². The molecule has 0 saturated carbocycles. The quantitative estimate of drug-likeness (QED) is 0.435. The molecule has 4 aromatic rings. The maximum atomic E-state index is 12.9. The van der Waals surface area contributed by atoms with Crippen LogP contribution in [0.15, 0.2) is 76.5 Å². The van der Waals surface area contributed by atoms with Gasteiger partial charge in [-0.25, -0.2) is 0 Å². The Bertz CT molecular complexity index is 1440. The molecule has 1 aromatic heterocycles. The molecule has 164 valence electrons. The average molecular weight is 437 g/mol. The summed E-state index contributed by atoms with van der Waals surface area (Å²) in [5.74, 6) is 0.543. The van der Waals surface area contributed by atoms with Crippen molar-refractivity contribution in [2.45, 2.75) is 19.9 Å². The summed E-state index contributed by atoms with van der Waals surface area (Å²) in [5.41, 5.74) is 1.97. The first-order valence-electron chi connectivity index (χ1n) is 10.5. The summed E-state index contributed by atoms with van der Waals surface area (Å²) in [5, 5.41) is 22.6. The van der Waals surface area contributed by atoms with Gasteiger partial charge in [-0.3, -0.25) is 14.4 Å². The number of hydrogen-bond acceptors (Lipinski definition) is 5. The number of aromatic nitrogens is 1. The lowest BCUT2D eigenvalue weighted by Crippen LogP contribution is -2.26. The lowest BCUT2D eigenvalue weighted by Gasteiger charge is -2.14. The van der Waals surface area contributed by atoms with Crippen LogP contribution in [-0.2, 0) is 13.0 Å². The van der Waals surface area contributed by atoms with Gasteiger partial charge >= 0.3 is 0 Å². The molecule has 3 aromatic carbocycles. The van der Waals surface area contributed by atoms with E-state index in [2.05, 4.69) is 4.99 Å². The van der Waals surface area contributed by atoms with E-state index in [4.69, 9.17) is 4.74 Å². The van der Waals surface area contributed by atoms with Crippen LogP contribution < -0.4 is 10.3 Å². The van der Waals surface area contributed by atoms with Crippen molar-refractivity contribution in [1.82, 2.24) is 4.57 Å². The fourth-order valence-electron chi connectivity index (χ4n) is 3.82. The third-order valence-corrected chi connectivity index (χ3v) is 5.73. The second kappa shape index (κ2) is 9.41. The van der Waals surface area contributed by atoms with Gasteiger partial charge in [-0.05, 0) is 48.1 Å². The van der Waals surface area contributed by atoms with Gasteiger partial charge in [-0.15, -0.1) is 0 Å². The van der Waals surface area contributed by atoms with Crippen molar-refractivity contribution in [3.05, 3.63) is 99.3 Å². The van der Waals surface area contributed by atoms with E-state index >= 15 is 0 Å². The topological polar surface area (TPSA) is 87.6 Å².